The fourth-order valence-corrected chi connectivity index (χ4v) is 6.13. The summed E-state index contributed by atoms with van der Waals surface area (Å²) >= 11 is 0. The first-order valence-electron chi connectivity index (χ1n) is 11.0. The SMILES string of the molecule is CC(=O)[C@H]1[C@H](c2ccccc2)C2(C(=O)c3ccccc3C2=O)[C@H]2C=Cc3cc(F)ccc3N12. The molecule has 0 radical (unpaired) electrons. The molecule has 0 bridgehead atoms. The Hall–Kier alpha value is -3.86. The topological polar surface area (TPSA) is 54.5 Å². The zero-order chi connectivity index (χ0) is 22.9. The van der Waals surface area contributed by atoms with Crippen molar-refractivity contribution in [2.24, 2.45) is 5.41 Å². The van der Waals surface area contributed by atoms with Crippen LogP contribution >= 0.6 is 0 Å². The Morgan fingerprint density at radius 2 is 1.55 bits per heavy atom. The highest BCUT2D eigenvalue weighted by Gasteiger charge is 2.71. The van der Waals surface area contributed by atoms with E-state index in [1.54, 1.807) is 42.5 Å². The first kappa shape index (κ1) is 19.8. The third-order valence-electron chi connectivity index (χ3n) is 7.34. The lowest BCUT2D eigenvalue weighted by Crippen LogP contribution is -2.48. The summed E-state index contributed by atoms with van der Waals surface area (Å²) < 4.78 is 14.0. The van der Waals surface area contributed by atoms with Gasteiger partial charge in [0.2, 0.25) is 0 Å². The van der Waals surface area contributed by atoms with Crippen molar-refractivity contribution in [2.45, 2.75) is 24.9 Å². The number of hydrogen-bond donors (Lipinski definition) is 0. The molecule has 1 spiro atoms. The van der Waals surface area contributed by atoms with Crippen LogP contribution in [-0.4, -0.2) is 29.4 Å². The highest BCUT2D eigenvalue weighted by molar-refractivity contribution is 6.32. The average molecular weight is 437 g/mol. The van der Waals surface area contributed by atoms with E-state index in [2.05, 4.69) is 0 Å². The van der Waals surface area contributed by atoms with Crippen molar-refractivity contribution in [3.05, 3.63) is 107 Å². The molecule has 0 saturated carbocycles. The Morgan fingerprint density at radius 3 is 2.18 bits per heavy atom. The van der Waals surface area contributed by atoms with Gasteiger partial charge in [-0.15, -0.1) is 0 Å². The van der Waals surface area contributed by atoms with Gasteiger partial charge in [-0.1, -0.05) is 66.7 Å². The summed E-state index contributed by atoms with van der Waals surface area (Å²) in [6.45, 7) is 1.50. The number of rotatable bonds is 2. The van der Waals surface area contributed by atoms with Gasteiger partial charge >= 0.3 is 0 Å². The van der Waals surface area contributed by atoms with E-state index in [0.717, 1.165) is 5.56 Å². The number of Topliss-reactive ketones (excluding diaryl/α,β-unsaturated/α-hetero) is 3. The van der Waals surface area contributed by atoms with Crippen LogP contribution in [0.25, 0.3) is 6.08 Å². The van der Waals surface area contributed by atoms with Crippen molar-refractivity contribution < 1.29 is 18.8 Å². The van der Waals surface area contributed by atoms with Crippen molar-refractivity contribution in [3.8, 4) is 0 Å². The molecule has 0 aromatic heterocycles. The van der Waals surface area contributed by atoms with Crippen LogP contribution < -0.4 is 4.90 Å². The molecule has 3 aromatic carbocycles. The molecule has 2 heterocycles. The Bertz CT molecular complexity index is 1340. The summed E-state index contributed by atoms with van der Waals surface area (Å²) in [5.41, 5.74) is 1.34. The van der Waals surface area contributed by atoms with Crippen molar-refractivity contribution in [1.29, 1.82) is 0 Å². The van der Waals surface area contributed by atoms with Crippen LogP contribution in [0.5, 0.6) is 0 Å². The van der Waals surface area contributed by atoms with Gasteiger partial charge in [-0.25, -0.2) is 4.39 Å². The Labute approximate surface area is 190 Å². The van der Waals surface area contributed by atoms with Gasteiger partial charge in [0.05, 0.1) is 12.1 Å². The van der Waals surface area contributed by atoms with E-state index in [0.29, 0.717) is 22.4 Å². The van der Waals surface area contributed by atoms with E-state index in [1.807, 2.05) is 35.2 Å². The fraction of sp³-hybridized carbons (Fsp3) is 0.179. The number of ketones is 3. The van der Waals surface area contributed by atoms with Crippen molar-refractivity contribution in [2.75, 3.05) is 4.90 Å². The maximum atomic E-state index is 14.2. The van der Waals surface area contributed by atoms with Gasteiger partial charge in [0.1, 0.15) is 11.2 Å². The molecule has 1 aliphatic carbocycles. The first-order valence-corrected chi connectivity index (χ1v) is 11.0. The molecular weight excluding hydrogens is 417 g/mol. The maximum absolute atomic E-state index is 14.2. The number of benzene rings is 3. The minimum absolute atomic E-state index is 0.146. The predicted octanol–water partition coefficient (Wildman–Crippen LogP) is 4.85. The van der Waals surface area contributed by atoms with Gasteiger partial charge < -0.3 is 4.90 Å². The average Bonchev–Trinajstić information content (AvgIpc) is 3.26. The molecule has 2 aliphatic heterocycles. The van der Waals surface area contributed by atoms with Gasteiger partial charge in [-0.2, -0.15) is 0 Å². The largest absolute Gasteiger partial charge is 0.352 e. The van der Waals surface area contributed by atoms with Gasteiger partial charge in [0.15, 0.2) is 17.3 Å². The summed E-state index contributed by atoms with van der Waals surface area (Å²) in [7, 11) is 0. The number of hydrogen-bond acceptors (Lipinski definition) is 4. The van der Waals surface area contributed by atoms with E-state index >= 15 is 0 Å². The van der Waals surface area contributed by atoms with E-state index < -0.39 is 23.4 Å². The fourth-order valence-electron chi connectivity index (χ4n) is 6.13. The second kappa shape index (κ2) is 6.82. The van der Waals surface area contributed by atoms with Crippen molar-refractivity contribution >= 4 is 29.1 Å². The van der Waals surface area contributed by atoms with Crippen LogP contribution in [0.2, 0.25) is 0 Å². The normalized spacial score (nSPS) is 24.1. The molecule has 1 fully saturated rings. The van der Waals surface area contributed by atoms with E-state index in [9.17, 15) is 18.8 Å². The van der Waals surface area contributed by atoms with Crippen LogP contribution in [-0.2, 0) is 4.79 Å². The Kier molecular flexibility index (Phi) is 4.09. The summed E-state index contributed by atoms with van der Waals surface area (Å²) in [4.78, 5) is 43.4. The smallest absolute Gasteiger partial charge is 0.180 e. The van der Waals surface area contributed by atoms with Crippen LogP contribution in [0.1, 0.15) is 44.7 Å². The molecule has 1 saturated heterocycles. The standard InChI is InChI=1S/C28H20FNO3/c1-16(31)25-24(17-7-3-2-4-8-17)28(26(32)20-9-5-6-10-21(20)27(28)33)23-14-11-18-15-19(29)12-13-22(18)30(23)25/h2-15,23-25H,1H3/t23-,24+,25+/m1/s1. The van der Waals surface area contributed by atoms with Gasteiger partial charge in [-0.3, -0.25) is 14.4 Å². The number of halogens is 1. The highest BCUT2D eigenvalue weighted by atomic mass is 19.1. The monoisotopic (exact) mass is 437 g/mol. The molecule has 3 aromatic rings. The molecule has 0 N–H and O–H groups in total. The number of carbonyl (C=O) groups excluding carboxylic acids is 3. The van der Waals surface area contributed by atoms with E-state index in [4.69, 9.17) is 0 Å². The maximum Gasteiger partial charge on any atom is 0.180 e. The molecule has 5 heteroatoms. The molecule has 3 atom stereocenters. The molecule has 0 unspecified atom stereocenters. The van der Waals surface area contributed by atoms with E-state index in [-0.39, 0.29) is 23.2 Å². The lowest BCUT2D eigenvalue weighted by atomic mass is 9.64. The Morgan fingerprint density at radius 1 is 0.909 bits per heavy atom. The molecule has 0 amide bonds. The number of fused-ring (bicyclic) bond motifs is 5. The quantitative estimate of drug-likeness (QED) is 0.538. The van der Waals surface area contributed by atoms with Crippen LogP contribution in [0.3, 0.4) is 0 Å². The van der Waals surface area contributed by atoms with E-state index in [1.165, 1.54) is 19.1 Å². The second-order valence-corrected chi connectivity index (χ2v) is 8.93. The lowest BCUT2D eigenvalue weighted by Gasteiger charge is -2.37. The number of carbonyl (C=O) groups is 3. The second-order valence-electron chi connectivity index (χ2n) is 8.93. The number of anilines is 1. The molecule has 3 aliphatic rings. The molecular formula is C28H20FNO3. The van der Waals surface area contributed by atoms with Gasteiger partial charge in [-0.05, 0) is 30.7 Å². The van der Waals surface area contributed by atoms with Gasteiger partial charge in [0, 0.05) is 28.3 Å². The molecule has 4 nitrogen and oxygen atoms in total. The molecule has 33 heavy (non-hydrogen) atoms. The highest BCUT2D eigenvalue weighted by Crippen LogP contribution is 2.60. The summed E-state index contributed by atoms with van der Waals surface area (Å²) in [6.07, 6.45) is 3.55. The first-order chi connectivity index (χ1) is 16.0. The molecule has 6 rings (SSSR count). The van der Waals surface area contributed by atoms with Crippen molar-refractivity contribution in [1.82, 2.24) is 0 Å². The zero-order valence-electron chi connectivity index (χ0n) is 17.9. The summed E-state index contributed by atoms with van der Waals surface area (Å²) in [5.74, 6) is -1.73. The Balaban J connectivity index is 1.68. The summed E-state index contributed by atoms with van der Waals surface area (Å²) in [6, 6.07) is 19.2. The van der Waals surface area contributed by atoms with Crippen LogP contribution in [0, 0.1) is 11.2 Å². The summed E-state index contributed by atoms with van der Waals surface area (Å²) in [5, 5.41) is 0. The zero-order valence-corrected chi connectivity index (χ0v) is 17.9. The predicted molar refractivity (Wildman–Crippen MR) is 123 cm³/mol. The lowest BCUT2D eigenvalue weighted by molar-refractivity contribution is -0.118. The third-order valence-corrected chi connectivity index (χ3v) is 7.34. The van der Waals surface area contributed by atoms with Gasteiger partial charge in [0.25, 0.3) is 0 Å². The molecule has 162 valence electrons. The van der Waals surface area contributed by atoms with Crippen LogP contribution in [0.15, 0.2) is 78.9 Å². The number of nitrogens with zero attached hydrogens (tertiary/aromatic N) is 1. The van der Waals surface area contributed by atoms with Crippen LogP contribution in [0.4, 0.5) is 10.1 Å². The minimum atomic E-state index is -1.48. The van der Waals surface area contributed by atoms with Crippen molar-refractivity contribution in [3.63, 3.8) is 0 Å². The third kappa shape index (κ3) is 2.42. The minimum Gasteiger partial charge on any atom is -0.352 e.